The van der Waals surface area contributed by atoms with Gasteiger partial charge in [-0.1, -0.05) is 11.3 Å². The van der Waals surface area contributed by atoms with E-state index in [0.717, 1.165) is 5.01 Å². The van der Waals surface area contributed by atoms with Gasteiger partial charge < -0.3 is 9.47 Å². The van der Waals surface area contributed by atoms with E-state index in [9.17, 15) is 0 Å². The summed E-state index contributed by atoms with van der Waals surface area (Å²) in [6, 6.07) is 0. The number of hydrogen-bond acceptors (Lipinski definition) is 5. The molecule has 5 heteroatoms. The van der Waals surface area contributed by atoms with Gasteiger partial charge in [0.05, 0.1) is 13.2 Å². The van der Waals surface area contributed by atoms with Crippen LogP contribution < -0.4 is 4.74 Å². The quantitative estimate of drug-likeness (QED) is 0.656. The van der Waals surface area contributed by atoms with Gasteiger partial charge in [-0.15, -0.1) is 10.2 Å². The molecule has 0 spiro atoms. The Labute approximate surface area is 68.2 Å². The summed E-state index contributed by atoms with van der Waals surface area (Å²) in [7, 11) is 0. The first kappa shape index (κ1) is 7.00. The molecule has 11 heavy (non-hydrogen) atoms. The fraction of sp³-hybridized carbons (Fsp3) is 0.667. The van der Waals surface area contributed by atoms with E-state index in [1.165, 1.54) is 11.3 Å². The van der Waals surface area contributed by atoms with E-state index in [4.69, 9.17) is 9.47 Å². The lowest BCUT2D eigenvalue weighted by atomic mass is 10.3. The summed E-state index contributed by atoms with van der Waals surface area (Å²) in [5.41, 5.74) is 0. The molecule has 1 aliphatic heterocycles. The summed E-state index contributed by atoms with van der Waals surface area (Å²) in [4.78, 5) is 0. The van der Waals surface area contributed by atoms with Gasteiger partial charge in [0, 0.05) is 0 Å². The summed E-state index contributed by atoms with van der Waals surface area (Å²) < 4.78 is 10.3. The molecule has 0 radical (unpaired) electrons. The Kier molecular flexibility index (Phi) is 1.75. The molecule has 1 fully saturated rings. The second-order valence-electron chi connectivity index (χ2n) is 2.36. The van der Waals surface area contributed by atoms with Crippen LogP contribution in [-0.4, -0.2) is 29.5 Å². The average Bonchev–Trinajstić information content (AvgIpc) is 2.27. The lowest BCUT2D eigenvalue weighted by Gasteiger charge is -2.24. The topological polar surface area (TPSA) is 44.2 Å². The molecule has 1 saturated heterocycles. The van der Waals surface area contributed by atoms with Crippen LogP contribution in [0.5, 0.6) is 5.19 Å². The van der Waals surface area contributed by atoms with Crippen molar-refractivity contribution in [1.82, 2.24) is 10.2 Å². The smallest absolute Gasteiger partial charge is 0.294 e. The molecule has 0 saturated carbocycles. The largest absolute Gasteiger partial charge is 0.461 e. The molecule has 0 atom stereocenters. The molecule has 1 aromatic heterocycles. The molecule has 0 amide bonds. The summed E-state index contributed by atoms with van der Waals surface area (Å²) in [6.45, 7) is 3.26. The van der Waals surface area contributed by atoms with Gasteiger partial charge in [0.2, 0.25) is 0 Å². The normalized spacial score (nSPS) is 17.9. The van der Waals surface area contributed by atoms with Crippen LogP contribution in [0.2, 0.25) is 0 Å². The van der Waals surface area contributed by atoms with Crippen LogP contribution in [-0.2, 0) is 4.74 Å². The van der Waals surface area contributed by atoms with Gasteiger partial charge in [0.15, 0.2) is 0 Å². The van der Waals surface area contributed by atoms with Gasteiger partial charge in [-0.2, -0.15) is 0 Å². The van der Waals surface area contributed by atoms with Crippen molar-refractivity contribution in [1.29, 1.82) is 0 Å². The van der Waals surface area contributed by atoms with E-state index in [1.807, 2.05) is 6.92 Å². The highest BCUT2D eigenvalue weighted by Gasteiger charge is 2.21. The molecule has 2 heterocycles. The summed E-state index contributed by atoms with van der Waals surface area (Å²) in [5, 5.41) is 9.24. The Morgan fingerprint density at radius 3 is 2.82 bits per heavy atom. The summed E-state index contributed by atoms with van der Waals surface area (Å²) >= 11 is 1.47. The Hall–Kier alpha value is -0.680. The molecule has 0 bridgehead atoms. The number of ether oxygens (including phenoxy) is 2. The van der Waals surface area contributed by atoms with Crippen molar-refractivity contribution in [2.24, 2.45) is 0 Å². The van der Waals surface area contributed by atoms with Crippen molar-refractivity contribution in [3.05, 3.63) is 5.01 Å². The first-order valence-electron chi connectivity index (χ1n) is 3.39. The fourth-order valence-electron chi connectivity index (χ4n) is 0.751. The summed E-state index contributed by atoms with van der Waals surface area (Å²) in [5.74, 6) is 0. The van der Waals surface area contributed by atoms with E-state index in [2.05, 4.69) is 10.2 Å². The molecule has 1 aromatic rings. The molecule has 0 N–H and O–H groups in total. The Balaban J connectivity index is 1.95. The van der Waals surface area contributed by atoms with Crippen molar-refractivity contribution >= 4 is 11.3 Å². The van der Waals surface area contributed by atoms with Crippen LogP contribution in [0.15, 0.2) is 0 Å². The minimum absolute atomic E-state index is 0.197. The standard InChI is InChI=1S/C6H8N2O2S/c1-4-7-8-6(11-4)10-5-2-9-3-5/h5H,2-3H2,1H3. The van der Waals surface area contributed by atoms with Gasteiger partial charge in [0.1, 0.15) is 11.1 Å². The maximum Gasteiger partial charge on any atom is 0.294 e. The second kappa shape index (κ2) is 2.75. The summed E-state index contributed by atoms with van der Waals surface area (Å²) in [6.07, 6.45) is 0.197. The minimum Gasteiger partial charge on any atom is -0.461 e. The zero-order valence-electron chi connectivity index (χ0n) is 6.11. The highest BCUT2D eigenvalue weighted by atomic mass is 32.1. The van der Waals surface area contributed by atoms with Gasteiger partial charge in [-0.3, -0.25) is 0 Å². The third-order valence-electron chi connectivity index (χ3n) is 1.38. The van der Waals surface area contributed by atoms with Gasteiger partial charge in [-0.25, -0.2) is 0 Å². The number of nitrogens with zero attached hydrogens (tertiary/aromatic N) is 2. The molecular formula is C6H8N2O2S. The SMILES string of the molecule is Cc1nnc(OC2COC2)s1. The van der Waals surface area contributed by atoms with Crippen molar-refractivity contribution in [3.63, 3.8) is 0 Å². The zero-order valence-corrected chi connectivity index (χ0v) is 6.93. The third kappa shape index (κ3) is 1.49. The van der Waals surface area contributed by atoms with Crippen LogP contribution in [0.25, 0.3) is 0 Å². The number of rotatable bonds is 2. The predicted octanol–water partition coefficient (Wildman–Crippen LogP) is 0.624. The minimum atomic E-state index is 0.197. The van der Waals surface area contributed by atoms with Crippen molar-refractivity contribution in [2.45, 2.75) is 13.0 Å². The zero-order chi connectivity index (χ0) is 7.68. The number of hydrogen-bond donors (Lipinski definition) is 0. The van der Waals surface area contributed by atoms with Gasteiger partial charge >= 0.3 is 0 Å². The maximum absolute atomic E-state index is 5.39. The Bertz CT molecular complexity index is 246. The van der Waals surface area contributed by atoms with Crippen LogP contribution >= 0.6 is 11.3 Å². The molecule has 2 rings (SSSR count). The fourth-order valence-corrected chi connectivity index (χ4v) is 1.35. The number of aryl methyl sites for hydroxylation is 1. The highest BCUT2D eigenvalue weighted by molar-refractivity contribution is 7.12. The van der Waals surface area contributed by atoms with Gasteiger partial charge in [0.25, 0.3) is 5.19 Å². The predicted molar refractivity (Wildman–Crippen MR) is 39.9 cm³/mol. The van der Waals surface area contributed by atoms with Crippen molar-refractivity contribution in [2.75, 3.05) is 13.2 Å². The molecule has 0 aromatic carbocycles. The Morgan fingerprint density at radius 2 is 2.36 bits per heavy atom. The molecule has 1 aliphatic rings. The lowest BCUT2D eigenvalue weighted by Crippen LogP contribution is -2.38. The van der Waals surface area contributed by atoms with Crippen molar-refractivity contribution < 1.29 is 9.47 Å². The highest BCUT2D eigenvalue weighted by Crippen LogP contribution is 2.19. The molecule has 4 nitrogen and oxygen atoms in total. The third-order valence-corrected chi connectivity index (χ3v) is 2.11. The molecule has 60 valence electrons. The van der Waals surface area contributed by atoms with E-state index >= 15 is 0 Å². The monoisotopic (exact) mass is 172 g/mol. The molecular weight excluding hydrogens is 164 g/mol. The van der Waals surface area contributed by atoms with E-state index < -0.39 is 0 Å². The van der Waals surface area contributed by atoms with E-state index in [1.54, 1.807) is 0 Å². The van der Waals surface area contributed by atoms with E-state index in [-0.39, 0.29) is 6.10 Å². The first-order chi connectivity index (χ1) is 5.34. The first-order valence-corrected chi connectivity index (χ1v) is 4.21. The Morgan fingerprint density at radius 1 is 1.55 bits per heavy atom. The maximum atomic E-state index is 5.39. The van der Waals surface area contributed by atoms with E-state index in [0.29, 0.717) is 18.4 Å². The number of aromatic nitrogens is 2. The average molecular weight is 172 g/mol. The lowest BCUT2D eigenvalue weighted by molar-refractivity contribution is -0.0799. The van der Waals surface area contributed by atoms with Crippen LogP contribution in [0.3, 0.4) is 0 Å². The van der Waals surface area contributed by atoms with Gasteiger partial charge in [-0.05, 0) is 6.92 Å². The van der Waals surface area contributed by atoms with Crippen molar-refractivity contribution in [3.8, 4) is 5.19 Å². The molecule has 0 aliphatic carbocycles. The van der Waals surface area contributed by atoms with Crippen LogP contribution in [0.1, 0.15) is 5.01 Å². The van der Waals surface area contributed by atoms with Crippen LogP contribution in [0, 0.1) is 6.92 Å². The second-order valence-corrected chi connectivity index (χ2v) is 3.51. The molecule has 0 unspecified atom stereocenters. The van der Waals surface area contributed by atoms with Crippen LogP contribution in [0.4, 0.5) is 0 Å².